The molecule has 0 spiro atoms. The second-order valence-corrected chi connectivity index (χ2v) is 5.86. The summed E-state index contributed by atoms with van der Waals surface area (Å²) in [5.74, 6) is 0.257. The average molecular weight is 365 g/mol. The number of halogens is 2. The molecule has 0 unspecified atom stereocenters. The van der Waals surface area contributed by atoms with Crippen molar-refractivity contribution >= 4 is 31.9 Å². The Bertz CT molecular complexity index is 367. The average Bonchev–Trinajstić information content (AvgIpc) is 2.54. The minimum absolute atomic E-state index is 0.257. The molecule has 0 radical (unpaired) electrons. The molecule has 0 amide bonds. The Kier molecular flexibility index (Phi) is 4.85. The maximum absolute atomic E-state index is 9.65. The first kappa shape index (κ1) is 13.3. The lowest BCUT2D eigenvalue weighted by Crippen LogP contribution is -2.25. The number of rotatable bonds is 2. The Morgan fingerprint density at radius 3 is 2.59 bits per heavy atom. The van der Waals surface area contributed by atoms with Crippen molar-refractivity contribution in [1.82, 2.24) is 4.90 Å². The summed E-state index contributed by atoms with van der Waals surface area (Å²) in [6.07, 6.45) is 1.08. The van der Waals surface area contributed by atoms with E-state index in [4.69, 9.17) is 4.74 Å². The smallest absolute Gasteiger partial charge is 0.143 e. The fraction of sp³-hybridized carbons (Fsp3) is 0.500. The SMILES string of the molecule is Oc1c(Br)cc(CN2CCCOCC2)cc1Br. The Hall–Kier alpha value is -0.100. The van der Waals surface area contributed by atoms with Gasteiger partial charge in [-0.05, 0) is 56.0 Å². The van der Waals surface area contributed by atoms with E-state index in [-0.39, 0.29) is 5.75 Å². The number of ether oxygens (including phenoxy) is 1. The Labute approximate surface area is 118 Å². The van der Waals surface area contributed by atoms with E-state index in [0.29, 0.717) is 0 Å². The summed E-state index contributed by atoms with van der Waals surface area (Å²) < 4.78 is 6.89. The second kappa shape index (κ2) is 6.18. The van der Waals surface area contributed by atoms with E-state index in [9.17, 15) is 5.11 Å². The predicted molar refractivity (Wildman–Crippen MR) is 74.2 cm³/mol. The van der Waals surface area contributed by atoms with Crippen molar-refractivity contribution in [2.45, 2.75) is 13.0 Å². The van der Waals surface area contributed by atoms with E-state index in [2.05, 4.69) is 36.8 Å². The van der Waals surface area contributed by atoms with Crippen LogP contribution in [0.1, 0.15) is 12.0 Å². The van der Waals surface area contributed by atoms with Gasteiger partial charge in [0.25, 0.3) is 0 Å². The van der Waals surface area contributed by atoms with Crippen LogP contribution in [0.2, 0.25) is 0 Å². The lowest BCUT2D eigenvalue weighted by atomic mass is 10.2. The third-order valence-corrected chi connectivity index (χ3v) is 4.01. The molecule has 3 nitrogen and oxygen atoms in total. The van der Waals surface area contributed by atoms with Crippen LogP contribution in [-0.2, 0) is 11.3 Å². The number of nitrogens with zero attached hydrogens (tertiary/aromatic N) is 1. The number of hydrogen-bond acceptors (Lipinski definition) is 3. The minimum Gasteiger partial charge on any atom is -0.506 e. The van der Waals surface area contributed by atoms with Gasteiger partial charge < -0.3 is 9.84 Å². The van der Waals surface area contributed by atoms with Crippen LogP contribution in [-0.4, -0.2) is 36.3 Å². The van der Waals surface area contributed by atoms with Gasteiger partial charge in [-0.2, -0.15) is 0 Å². The number of benzene rings is 1. The normalized spacial score (nSPS) is 18.0. The highest BCUT2D eigenvalue weighted by Gasteiger charge is 2.12. The van der Waals surface area contributed by atoms with Crippen molar-refractivity contribution in [2.24, 2.45) is 0 Å². The number of aromatic hydroxyl groups is 1. The maximum atomic E-state index is 9.65. The number of phenolic OH excluding ortho intramolecular Hbond substituents is 1. The van der Waals surface area contributed by atoms with Gasteiger partial charge in [-0.1, -0.05) is 0 Å². The fourth-order valence-electron chi connectivity index (χ4n) is 1.92. The molecule has 1 aliphatic heterocycles. The fourth-order valence-corrected chi connectivity index (χ4v) is 3.20. The molecule has 0 aromatic heterocycles. The van der Waals surface area contributed by atoms with Crippen molar-refractivity contribution in [1.29, 1.82) is 0 Å². The zero-order valence-electron chi connectivity index (χ0n) is 9.46. The highest BCUT2D eigenvalue weighted by atomic mass is 79.9. The molecule has 1 saturated heterocycles. The van der Waals surface area contributed by atoms with Gasteiger partial charge in [-0.3, -0.25) is 4.90 Å². The Morgan fingerprint density at radius 2 is 1.88 bits per heavy atom. The quantitative estimate of drug-likeness (QED) is 0.874. The van der Waals surface area contributed by atoms with Gasteiger partial charge in [0, 0.05) is 26.2 Å². The predicted octanol–water partition coefficient (Wildman–Crippen LogP) is 3.14. The molecule has 0 aliphatic carbocycles. The van der Waals surface area contributed by atoms with E-state index >= 15 is 0 Å². The summed E-state index contributed by atoms with van der Waals surface area (Å²) >= 11 is 6.71. The van der Waals surface area contributed by atoms with Crippen LogP contribution in [0.15, 0.2) is 21.1 Å². The molecule has 2 rings (SSSR count). The van der Waals surface area contributed by atoms with Gasteiger partial charge in [-0.15, -0.1) is 0 Å². The zero-order chi connectivity index (χ0) is 12.3. The van der Waals surface area contributed by atoms with Crippen molar-refractivity contribution in [3.8, 4) is 5.75 Å². The standard InChI is InChI=1S/C12H15Br2NO2/c13-10-6-9(7-11(14)12(10)16)8-15-2-1-4-17-5-3-15/h6-7,16H,1-5,8H2. The highest BCUT2D eigenvalue weighted by Crippen LogP contribution is 2.33. The van der Waals surface area contributed by atoms with Crippen LogP contribution in [0.5, 0.6) is 5.75 Å². The summed E-state index contributed by atoms with van der Waals surface area (Å²) in [5.41, 5.74) is 1.18. The van der Waals surface area contributed by atoms with Gasteiger partial charge in [0.2, 0.25) is 0 Å². The monoisotopic (exact) mass is 363 g/mol. The maximum Gasteiger partial charge on any atom is 0.143 e. The first-order valence-corrected chi connectivity index (χ1v) is 7.22. The van der Waals surface area contributed by atoms with E-state index in [1.807, 2.05) is 12.1 Å². The number of hydrogen-bond donors (Lipinski definition) is 1. The molecule has 0 bridgehead atoms. The van der Waals surface area contributed by atoms with Crippen molar-refractivity contribution in [3.63, 3.8) is 0 Å². The van der Waals surface area contributed by atoms with E-state index in [1.54, 1.807) is 0 Å². The van der Waals surface area contributed by atoms with Crippen molar-refractivity contribution in [3.05, 3.63) is 26.6 Å². The van der Waals surface area contributed by atoms with Crippen LogP contribution in [0.4, 0.5) is 0 Å². The largest absolute Gasteiger partial charge is 0.506 e. The molecule has 94 valence electrons. The lowest BCUT2D eigenvalue weighted by molar-refractivity contribution is 0.140. The molecule has 1 aromatic carbocycles. The summed E-state index contributed by atoms with van der Waals surface area (Å²) in [6, 6.07) is 3.93. The van der Waals surface area contributed by atoms with Crippen molar-refractivity contribution in [2.75, 3.05) is 26.3 Å². The van der Waals surface area contributed by atoms with Crippen LogP contribution in [0.25, 0.3) is 0 Å². The first-order valence-electron chi connectivity index (χ1n) is 5.64. The second-order valence-electron chi connectivity index (χ2n) is 4.15. The zero-order valence-corrected chi connectivity index (χ0v) is 12.6. The van der Waals surface area contributed by atoms with Gasteiger partial charge in [0.05, 0.1) is 15.6 Å². The Balaban J connectivity index is 2.07. The van der Waals surface area contributed by atoms with Crippen LogP contribution < -0.4 is 0 Å². The molecular weight excluding hydrogens is 350 g/mol. The molecule has 1 fully saturated rings. The molecule has 1 N–H and O–H groups in total. The number of phenols is 1. The molecule has 17 heavy (non-hydrogen) atoms. The summed E-state index contributed by atoms with van der Waals surface area (Å²) in [5, 5.41) is 9.65. The molecular formula is C12H15Br2NO2. The molecule has 1 aromatic rings. The van der Waals surface area contributed by atoms with E-state index < -0.39 is 0 Å². The molecule has 0 atom stereocenters. The van der Waals surface area contributed by atoms with Crippen LogP contribution in [0, 0.1) is 0 Å². The molecule has 1 aliphatic rings. The van der Waals surface area contributed by atoms with E-state index in [0.717, 1.165) is 48.2 Å². The van der Waals surface area contributed by atoms with Crippen molar-refractivity contribution < 1.29 is 9.84 Å². The third-order valence-electron chi connectivity index (χ3n) is 2.80. The first-order chi connectivity index (χ1) is 8.16. The molecule has 1 heterocycles. The Morgan fingerprint density at radius 1 is 1.18 bits per heavy atom. The van der Waals surface area contributed by atoms with E-state index in [1.165, 1.54) is 5.56 Å². The summed E-state index contributed by atoms with van der Waals surface area (Å²) in [7, 11) is 0. The van der Waals surface area contributed by atoms with Gasteiger partial charge in [0.15, 0.2) is 0 Å². The summed E-state index contributed by atoms with van der Waals surface area (Å²) in [6.45, 7) is 4.59. The minimum atomic E-state index is 0.257. The van der Waals surface area contributed by atoms with Gasteiger partial charge in [0.1, 0.15) is 5.75 Å². The third kappa shape index (κ3) is 3.68. The molecule has 0 saturated carbocycles. The lowest BCUT2D eigenvalue weighted by Gasteiger charge is -2.19. The summed E-state index contributed by atoms with van der Waals surface area (Å²) in [4.78, 5) is 2.37. The molecule has 5 heteroatoms. The van der Waals surface area contributed by atoms with Crippen LogP contribution in [0.3, 0.4) is 0 Å². The van der Waals surface area contributed by atoms with Gasteiger partial charge in [-0.25, -0.2) is 0 Å². The topological polar surface area (TPSA) is 32.7 Å². The highest BCUT2D eigenvalue weighted by molar-refractivity contribution is 9.11. The van der Waals surface area contributed by atoms with Crippen LogP contribution >= 0.6 is 31.9 Å². The van der Waals surface area contributed by atoms with Gasteiger partial charge >= 0.3 is 0 Å².